The summed E-state index contributed by atoms with van der Waals surface area (Å²) in [6.07, 6.45) is 0. The van der Waals surface area contributed by atoms with Gasteiger partial charge in [0, 0.05) is 22.0 Å². The molecule has 1 amide bonds. The number of rotatable bonds is 5. The number of anilines is 2. The summed E-state index contributed by atoms with van der Waals surface area (Å²) in [5.41, 5.74) is 1.47. The van der Waals surface area contributed by atoms with E-state index >= 15 is 0 Å². The fraction of sp³-hybridized carbons (Fsp3) is 0.0500. The molecule has 0 spiro atoms. The first-order valence-electron chi connectivity index (χ1n) is 8.20. The lowest BCUT2D eigenvalue weighted by Gasteiger charge is -2.11. The molecule has 3 aromatic carbocycles. The zero-order valence-electron chi connectivity index (χ0n) is 14.7. The molecule has 0 aliphatic heterocycles. The van der Waals surface area contributed by atoms with Crippen molar-refractivity contribution in [2.24, 2.45) is 0 Å². The summed E-state index contributed by atoms with van der Waals surface area (Å²) in [6.45, 7) is 1.73. The summed E-state index contributed by atoms with van der Waals surface area (Å²) < 4.78 is 41.0. The maximum atomic E-state index is 13.4. The van der Waals surface area contributed by atoms with Crippen molar-refractivity contribution < 1.29 is 17.6 Å². The van der Waals surface area contributed by atoms with Crippen molar-refractivity contribution in [3.63, 3.8) is 0 Å². The van der Waals surface area contributed by atoms with E-state index in [1.54, 1.807) is 25.1 Å². The predicted octanol–water partition coefficient (Wildman–Crippen LogP) is 4.84. The molecule has 8 heteroatoms. The van der Waals surface area contributed by atoms with Crippen LogP contribution < -0.4 is 10.0 Å². The molecule has 144 valence electrons. The monoisotopic (exact) mass is 418 g/mol. The van der Waals surface area contributed by atoms with Crippen LogP contribution in [0.4, 0.5) is 15.8 Å². The van der Waals surface area contributed by atoms with Crippen LogP contribution in [0.5, 0.6) is 0 Å². The lowest BCUT2D eigenvalue weighted by molar-refractivity contribution is 0.102. The molecular formula is C20H16ClFN2O3S. The van der Waals surface area contributed by atoms with Crippen LogP contribution >= 0.6 is 11.6 Å². The Labute approximate surface area is 167 Å². The molecule has 3 aromatic rings. The maximum absolute atomic E-state index is 13.4. The van der Waals surface area contributed by atoms with Crippen LogP contribution in [0.2, 0.25) is 5.02 Å². The fourth-order valence-corrected chi connectivity index (χ4v) is 3.69. The Bertz CT molecular complexity index is 1130. The second kappa shape index (κ2) is 8.00. The van der Waals surface area contributed by atoms with E-state index in [-0.39, 0.29) is 10.5 Å². The molecule has 0 aromatic heterocycles. The summed E-state index contributed by atoms with van der Waals surface area (Å²) in [7, 11) is -3.90. The number of carbonyl (C=O) groups excluding carboxylic acids is 1. The third kappa shape index (κ3) is 4.68. The number of benzene rings is 3. The van der Waals surface area contributed by atoms with Gasteiger partial charge in [-0.25, -0.2) is 12.8 Å². The Morgan fingerprint density at radius 1 is 1.00 bits per heavy atom. The first-order chi connectivity index (χ1) is 13.2. The highest BCUT2D eigenvalue weighted by Crippen LogP contribution is 2.21. The van der Waals surface area contributed by atoms with E-state index in [4.69, 9.17) is 11.6 Å². The minimum atomic E-state index is -3.90. The van der Waals surface area contributed by atoms with Gasteiger partial charge < -0.3 is 5.32 Å². The van der Waals surface area contributed by atoms with Crippen LogP contribution in [0.1, 0.15) is 15.9 Å². The van der Waals surface area contributed by atoms with Gasteiger partial charge in [0.1, 0.15) is 5.82 Å². The third-order valence-electron chi connectivity index (χ3n) is 3.95. The zero-order valence-corrected chi connectivity index (χ0v) is 16.3. The second-order valence-corrected chi connectivity index (χ2v) is 8.17. The molecule has 28 heavy (non-hydrogen) atoms. The first-order valence-corrected chi connectivity index (χ1v) is 10.1. The van der Waals surface area contributed by atoms with E-state index in [1.807, 2.05) is 0 Å². The molecule has 2 N–H and O–H groups in total. The van der Waals surface area contributed by atoms with Crippen LogP contribution in [0.15, 0.2) is 71.6 Å². The van der Waals surface area contributed by atoms with Crippen molar-refractivity contribution in [2.75, 3.05) is 10.0 Å². The van der Waals surface area contributed by atoms with Gasteiger partial charge in [-0.1, -0.05) is 23.7 Å². The molecule has 0 aliphatic carbocycles. The summed E-state index contributed by atoms with van der Waals surface area (Å²) >= 11 is 5.80. The average molecular weight is 419 g/mol. The number of sulfonamides is 1. The highest BCUT2D eigenvalue weighted by molar-refractivity contribution is 7.92. The average Bonchev–Trinajstić information content (AvgIpc) is 2.66. The van der Waals surface area contributed by atoms with E-state index in [9.17, 15) is 17.6 Å². The van der Waals surface area contributed by atoms with E-state index < -0.39 is 21.7 Å². The van der Waals surface area contributed by atoms with Gasteiger partial charge >= 0.3 is 0 Å². The van der Waals surface area contributed by atoms with Crippen LogP contribution in [0.25, 0.3) is 0 Å². The molecule has 0 atom stereocenters. The number of carbonyl (C=O) groups is 1. The van der Waals surface area contributed by atoms with Gasteiger partial charge in [0.2, 0.25) is 0 Å². The molecule has 0 fully saturated rings. The maximum Gasteiger partial charge on any atom is 0.261 e. The van der Waals surface area contributed by atoms with E-state index in [2.05, 4.69) is 10.0 Å². The molecule has 0 heterocycles. The smallest absolute Gasteiger partial charge is 0.261 e. The minimum Gasteiger partial charge on any atom is -0.322 e. The predicted molar refractivity (Wildman–Crippen MR) is 108 cm³/mol. The number of amides is 1. The molecule has 5 nitrogen and oxygen atoms in total. The van der Waals surface area contributed by atoms with Gasteiger partial charge in [0.15, 0.2) is 0 Å². The number of nitrogens with one attached hydrogen (secondary N) is 2. The standard InChI is InChI=1S/C20H16ClFN2O3S/c1-13-5-8-16(22)12-19(13)23-20(25)14-3-2-4-18(11-14)28(26,27)24-17-9-6-15(21)7-10-17/h2-12,24H,1H3,(H,23,25). The Hall–Kier alpha value is -2.90. The van der Waals surface area contributed by atoms with Crippen molar-refractivity contribution in [2.45, 2.75) is 11.8 Å². The van der Waals surface area contributed by atoms with Crippen molar-refractivity contribution in [3.8, 4) is 0 Å². The quantitative estimate of drug-likeness (QED) is 0.622. The lowest BCUT2D eigenvalue weighted by Crippen LogP contribution is -2.16. The molecule has 0 unspecified atom stereocenters. The molecular weight excluding hydrogens is 403 g/mol. The van der Waals surface area contributed by atoms with Gasteiger partial charge in [-0.15, -0.1) is 0 Å². The van der Waals surface area contributed by atoms with Crippen molar-refractivity contribution in [1.82, 2.24) is 0 Å². The molecule has 0 aliphatic rings. The molecule has 0 saturated heterocycles. The van der Waals surface area contributed by atoms with Crippen molar-refractivity contribution in [3.05, 3.63) is 88.7 Å². The van der Waals surface area contributed by atoms with Crippen LogP contribution in [-0.4, -0.2) is 14.3 Å². The number of hydrogen-bond acceptors (Lipinski definition) is 3. The highest BCUT2D eigenvalue weighted by atomic mass is 35.5. The second-order valence-electron chi connectivity index (χ2n) is 6.05. The first kappa shape index (κ1) is 19.9. The molecule has 0 saturated carbocycles. The van der Waals surface area contributed by atoms with Crippen LogP contribution in [0.3, 0.4) is 0 Å². The van der Waals surface area contributed by atoms with Crippen LogP contribution in [-0.2, 0) is 10.0 Å². The summed E-state index contributed by atoms with van der Waals surface area (Å²) in [4.78, 5) is 12.4. The molecule has 0 bridgehead atoms. The zero-order chi connectivity index (χ0) is 20.3. The van der Waals surface area contributed by atoms with E-state index in [0.29, 0.717) is 22.0 Å². The summed E-state index contributed by atoms with van der Waals surface area (Å²) in [5, 5.41) is 3.07. The van der Waals surface area contributed by atoms with Gasteiger partial charge in [-0.3, -0.25) is 9.52 Å². The largest absolute Gasteiger partial charge is 0.322 e. The number of aryl methyl sites for hydroxylation is 1. The van der Waals surface area contributed by atoms with Gasteiger partial charge in [0.25, 0.3) is 15.9 Å². The third-order valence-corrected chi connectivity index (χ3v) is 5.58. The van der Waals surface area contributed by atoms with Gasteiger partial charge in [-0.2, -0.15) is 0 Å². The van der Waals surface area contributed by atoms with Gasteiger partial charge in [0.05, 0.1) is 4.90 Å². The summed E-state index contributed by atoms with van der Waals surface area (Å²) in [6, 6.07) is 15.8. The number of hydrogen-bond donors (Lipinski definition) is 2. The number of halogens is 2. The SMILES string of the molecule is Cc1ccc(F)cc1NC(=O)c1cccc(S(=O)(=O)Nc2ccc(Cl)cc2)c1. The Kier molecular flexibility index (Phi) is 5.67. The van der Waals surface area contributed by atoms with E-state index in [0.717, 1.165) is 0 Å². The van der Waals surface area contributed by atoms with Crippen molar-refractivity contribution >= 4 is 38.9 Å². The molecule has 3 rings (SSSR count). The van der Waals surface area contributed by atoms with Gasteiger partial charge in [-0.05, 0) is 67.1 Å². The van der Waals surface area contributed by atoms with E-state index in [1.165, 1.54) is 48.5 Å². The minimum absolute atomic E-state index is 0.0777. The summed E-state index contributed by atoms with van der Waals surface area (Å²) in [5.74, 6) is -1.03. The Morgan fingerprint density at radius 2 is 1.71 bits per heavy atom. The van der Waals surface area contributed by atoms with Crippen molar-refractivity contribution in [1.29, 1.82) is 0 Å². The van der Waals surface area contributed by atoms with Crippen LogP contribution in [0, 0.1) is 12.7 Å². The Morgan fingerprint density at radius 3 is 2.43 bits per heavy atom. The highest BCUT2D eigenvalue weighted by Gasteiger charge is 2.17. The fourth-order valence-electron chi connectivity index (χ4n) is 2.46. The normalized spacial score (nSPS) is 11.1. The topological polar surface area (TPSA) is 75.3 Å². The molecule has 0 radical (unpaired) electrons. The Balaban J connectivity index is 1.83. The lowest BCUT2D eigenvalue weighted by atomic mass is 10.1.